The average Bonchev–Trinajstić information content (AvgIpc) is 2.73. The van der Waals surface area contributed by atoms with Crippen LogP contribution in [0.5, 0.6) is 5.88 Å². The van der Waals surface area contributed by atoms with Crippen LogP contribution in [-0.2, 0) is 6.54 Å². The lowest BCUT2D eigenvalue weighted by molar-refractivity contribution is 0.402. The Kier molecular flexibility index (Phi) is 4.80. The van der Waals surface area contributed by atoms with Crippen molar-refractivity contribution in [2.45, 2.75) is 6.54 Å². The van der Waals surface area contributed by atoms with E-state index in [1.165, 1.54) is 31.4 Å². The van der Waals surface area contributed by atoms with Crippen LogP contribution in [0.15, 0.2) is 60.7 Å². The van der Waals surface area contributed by atoms with Gasteiger partial charge < -0.3 is 10.1 Å². The zero-order chi connectivity index (χ0) is 19.5. The Morgan fingerprint density at radius 3 is 2.18 bits per heavy atom. The van der Waals surface area contributed by atoms with Gasteiger partial charge in [0.15, 0.2) is 5.52 Å². The number of hydrogen-bond acceptors (Lipinski definition) is 5. The number of hydrogen-bond donors (Lipinski definition) is 1. The number of methoxy groups -OCH3 is 1. The maximum atomic E-state index is 13.1. The molecule has 2 aromatic heterocycles. The zero-order valence-electron chi connectivity index (χ0n) is 15.0. The molecule has 140 valence electrons. The Bertz CT molecular complexity index is 1120. The number of fused-ring (bicyclic) bond motifs is 1. The fourth-order valence-electron chi connectivity index (χ4n) is 2.77. The summed E-state index contributed by atoms with van der Waals surface area (Å²) in [7, 11) is 1.51. The van der Waals surface area contributed by atoms with E-state index in [1.54, 1.807) is 24.3 Å². The first-order chi connectivity index (χ1) is 13.6. The number of pyridine rings is 1. The highest BCUT2D eigenvalue weighted by molar-refractivity contribution is 5.83. The molecular formula is C21H16F2N4O. The molecule has 5 nitrogen and oxygen atoms in total. The van der Waals surface area contributed by atoms with E-state index < -0.39 is 0 Å². The predicted molar refractivity (Wildman–Crippen MR) is 103 cm³/mol. The molecule has 4 rings (SSSR count). The maximum absolute atomic E-state index is 13.1. The van der Waals surface area contributed by atoms with E-state index in [1.807, 2.05) is 12.1 Å². The van der Waals surface area contributed by atoms with E-state index in [0.29, 0.717) is 35.1 Å². The van der Waals surface area contributed by atoms with Gasteiger partial charge in [0.1, 0.15) is 11.6 Å². The molecular weight excluding hydrogens is 362 g/mol. The third-order valence-electron chi connectivity index (χ3n) is 4.21. The molecule has 0 saturated heterocycles. The Balaban J connectivity index is 1.64. The van der Waals surface area contributed by atoms with Gasteiger partial charge in [-0.3, -0.25) is 0 Å². The number of nitrogens with one attached hydrogen (secondary N) is 1. The van der Waals surface area contributed by atoms with Crippen molar-refractivity contribution < 1.29 is 13.5 Å². The monoisotopic (exact) mass is 378 g/mol. The molecule has 0 bridgehead atoms. The lowest BCUT2D eigenvalue weighted by atomic mass is 10.1. The summed E-state index contributed by atoms with van der Waals surface area (Å²) in [4.78, 5) is 13.4. The molecule has 0 atom stereocenters. The van der Waals surface area contributed by atoms with Crippen molar-refractivity contribution in [1.29, 1.82) is 0 Å². The topological polar surface area (TPSA) is 59.9 Å². The molecule has 7 heteroatoms. The van der Waals surface area contributed by atoms with Gasteiger partial charge in [-0.15, -0.1) is 0 Å². The number of ether oxygens (including phenoxy) is 1. The summed E-state index contributed by atoms with van der Waals surface area (Å²) in [6, 6.07) is 15.9. The molecule has 28 heavy (non-hydrogen) atoms. The second kappa shape index (κ2) is 7.56. The highest BCUT2D eigenvalue weighted by Crippen LogP contribution is 2.26. The van der Waals surface area contributed by atoms with Crippen molar-refractivity contribution in [3.05, 3.63) is 77.9 Å². The summed E-state index contributed by atoms with van der Waals surface area (Å²) in [6.45, 7) is 0.441. The van der Waals surface area contributed by atoms with E-state index in [9.17, 15) is 8.78 Å². The SMILES string of the molecule is COc1nc(NCc2ccc(F)cc2)nc2ccc(-c3ccc(F)cc3)nc12. The zero-order valence-corrected chi connectivity index (χ0v) is 15.0. The lowest BCUT2D eigenvalue weighted by Gasteiger charge is -2.10. The highest BCUT2D eigenvalue weighted by atomic mass is 19.1. The van der Waals surface area contributed by atoms with E-state index >= 15 is 0 Å². The second-order valence-corrected chi connectivity index (χ2v) is 6.11. The molecule has 0 fully saturated rings. The fraction of sp³-hybridized carbons (Fsp3) is 0.0952. The average molecular weight is 378 g/mol. The molecule has 0 amide bonds. The van der Waals surface area contributed by atoms with Crippen molar-refractivity contribution in [2.75, 3.05) is 12.4 Å². The number of nitrogens with zero attached hydrogens (tertiary/aromatic N) is 3. The predicted octanol–water partition coefficient (Wildman–Crippen LogP) is 4.59. The van der Waals surface area contributed by atoms with Crippen LogP contribution in [0.1, 0.15) is 5.56 Å². The third kappa shape index (κ3) is 3.73. The Hall–Kier alpha value is -3.61. The van der Waals surface area contributed by atoms with E-state index in [4.69, 9.17) is 4.74 Å². The van der Waals surface area contributed by atoms with Gasteiger partial charge in [-0.25, -0.2) is 18.7 Å². The van der Waals surface area contributed by atoms with Gasteiger partial charge in [-0.05, 0) is 54.1 Å². The number of anilines is 1. The normalized spacial score (nSPS) is 10.8. The van der Waals surface area contributed by atoms with Gasteiger partial charge >= 0.3 is 0 Å². The van der Waals surface area contributed by atoms with Crippen LogP contribution >= 0.6 is 0 Å². The number of halogens is 2. The molecule has 0 saturated carbocycles. The maximum Gasteiger partial charge on any atom is 0.245 e. The van der Waals surface area contributed by atoms with Gasteiger partial charge in [0.05, 0.1) is 18.3 Å². The van der Waals surface area contributed by atoms with Crippen LogP contribution in [0.3, 0.4) is 0 Å². The molecule has 0 radical (unpaired) electrons. The van der Waals surface area contributed by atoms with Crippen LogP contribution in [0, 0.1) is 11.6 Å². The summed E-state index contributed by atoms with van der Waals surface area (Å²) in [5.41, 5.74) is 3.47. The van der Waals surface area contributed by atoms with Crippen LogP contribution in [0.2, 0.25) is 0 Å². The Labute approximate surface area is 160 Å². The molecule has 4 aromatic rings. The minimum atomic E-state index is -0.303. The van der Waals surface area contributed by atoms with Crippen molar-refractivity contribution in [3.63, 3.8) is 0 Å². The van der Waals surface area contributed by atoms with Crippen molar-refractivity contribution in [2.24, 2.45) is 0 Å². The summed E-state index contributed by atoms with van der Waals surface area (Å²) >= 11 is 0. The van der Waals surface area contributed by atoms with Crippen LogP contribution in [-0.4, -0.2) is 22.1 Å². The van der Waals surface area contributed by atoms with E-state index in [2.05, 4.69) is 20.3 Å². The molecule has 0 unspecified atom stereocenters. The number of aromatic nitrogens is 3. The number of benzene rings is 2. The van der Waals surface area contributed by atoms with Crippen molar-refractivity contribution in [3.8, 4) is 17.1 Å². The summed E-state index contributed by atoms with van der Waals surface area (Å²) < 4.78 is 31.5. The molecule has 0 aliphatic rings. The highest BCUT2D eigenvalue weighted by Gasteiger charge is 2.12. The molecule has 2 aromatic carbocycles. The molecule has 0 aliphatic carbocycles. The third-order valence-corrected chi connectivity index (χ3v) is 4.21. The van der Waals surface area contributed by atoms with E-state index in [-0.39, 0.29) is 11.6 Å². The smallest absolute Gasteiger partial charge is 0.245 e. The minimum absolute atomic E-state index is 0.282. The second-order valence-electron chi connectivity index (χ2n) is 6.11. The molecule has 0 aliphatic heterocycles. The van der Waals surface area contributed by atoms with Gasteiger partial charge in [-0.1, -0.05) is 12.1 Å². The largest absolute Gasteiger partial charge is 0.479 e. The van der Waals surface area contributed by atoms with Gasteiger partial charge in [0.25, 0.3) is 0 Å². The quantitative estimate of drug-likeness (QED) is 0.550. The summed E-state index contributed by atoms with van der Waals surface area (Å²) in [5.74, 6) is 0.123. The Morgan fingerprint density at radius 2 is 1.50 bits per heavy atom. The van der Waals surface area contributed by atoms with Gasteiger partial charge in [0.2, 0.25) is 11.8 Å². The first-order valence-corrected chi connectivity index (χ1v) is 8.59. The van der Waals surface area contributed by atoms with Crippen LogP contribution in [0.4, 0.5) is 14.7 Å². The number of rotatable bonds is 5. The lowest BCUT2D eigenvalue weighted by Crippen LogP contribution is -2.05. The van der Waals surface area contributed by atoms with Crippen LogP contribution < -0.4 is 10.1 Å². The van der Waals surface area contributed by atoms with E-state index in [0.717, 1.165) is 11.1 Å². The first kappa shape index (κ1) is 17.8. The molecule has 0 spiro atoms. The summed E-state index contributed by atoms with van der Waals surface area (Å²) in [5, 5.41) is 3.11. The molecule has 1 N–H and O–H groups in total. The van der Waals surface area contributed by atoms with Crippen LogP contribution in [0.25, 0.3) is 22.3 Å². The van der Waals surface area contributed by atoms with Gasteiger partial charge in [-0.2, -0.15) is 4.98 Å². The minimum Gasteiger partial charge on any atom is -0.479 e. The summed E-state index contributed by atoms with van der Waals surface area (Å²) in [6.07, 6.45) is 0. The van der Waals surface area contributed by atoms with Crippen molar-refractivity contribution >= 4 is 17.0 Å². The van der Waals surface area contributed by atoms with Gasteiger partial charge in [0, 0.05) is 12.1 Å². The fourth-order valence-corrected chi connectivity index (χ4v) is 2.77. The Morgan fingerprint density at radius 1 is 0.821 bits per heavy atom. The van der Waals surface area contributed by atoms with Crippen molar-refractivity contribution in [1.82, 2.24) is 15.0 Å². The first-order valence-electron chi connectivity index (χ1n) is 8.59. The standard InChI is InChI=1S/C21H16F2N4O/c1-28-20-19-18(11-10-17(25-19)14-4-8-16(23)9-5-14)26-21(27-20)24-12-13-2-6-15(22)7-3-13/h2-11H,12H2,1H3,(H,24,26,27). The molecule has 2 heterocycles.